The molecule has 0 aromatic heterocycles. The van der Waals surface area contributed by atoms with E-state index >= 15 is 0 Å². The van der Waals surface area contributed by atoms with Crippen LogP contribution < -0.4 is 5.32 Å². The number of halogens is 1. The van der Waals surface area contributed by atoms with Crippen molar-refractivity contribution >= 4 is 27.7 Å². The summed E-state index contributed by atoms with van der Waals surface area (Å²) in [6, 6.07) is 5.31. The summed E-state index contributed by atoms with van der Waals surface area (Å²) >= 11 is 3.42. The first-order valence-corrected chi connectivity index (χ1v) is 8.82. The number of rotatable bonds is 9. The summed E-state index contributed by atoms with van der Waals surface area (Å²) in [5.41, 5.74) is 1.62. The highest BCUT2D eigenvalue weighted by Crippen LogP contribution is 2.20. The summed E-state index contributed by atoms with van der Waals surface area (Å²) in [5, 5.41) is 3.21. The molecule has 5 heteroatoms. The minimum atomic E-state index is -0.387. The van der Waals surface area contributed by atoms with E-state index in [0.29, 0.717) is 18.5 Å². The van der Waals surface area contributed by atoms with Gasteiger partial charge in [0.1, 0.15) is 6.04 Å². The van der Waals surface area contributed by atoms with Crippen molar-refractivity contribution in [3.63, 3.8) is 0 Å². The predicted molar refractivity (Wildman–Crippen MR) is 95.5 cm³/mol. The normalized spacial score (nSPS) is 12.3. The molecule has 1 aromatic carbocycles. The highest BCUT2D eigenvalue weighted by Gasteiger charge is 2.23. The van der Waals surface area contributed by atoms with Gasteiger partial charge in [-0.05, 0) is 30.0 Å². The fraction of sp³-hybridized carbons (Fsp3) is 0.556. The number of benzene rings is 1. The first kappa shape index (κ1) is 19.8. The Hall–Kier alpha value is -1.20. The zero-order chi connectivity index (χ0) is 17.4. The van der Waals surface area contributed by atoms with Gasteiger partial charge in [-0.3, -0.25) is 9.59 Å². The molecule has 0 spiro atoms. The molecular formula is C18H26BrNO3. The number of ether oxygens (including phenoxy) is 1. The summed E-state index contributed by atoms with van der Waals surface area (Å²) in [6.07, 6.45) is 2.42. The van der Waals surface area contributed by atoms with Gasteiger partial charge in [-0.2, -0.15) is 0 Å². The standard InChI is InChI=1S/C18H26BrNO3/c1-5-6-7-16(21)15-10-14(19)9-8-13(15)11-20-17(12(2)3)18(22)23-4/h8-10,12,17,20H,5-7,11H2,1-4H3/t17-/m0/s1. The number of carbonyl (C=O) groups excluding carboxylic acids is 2. The molecule has 0 heterocycles. The lowest BCUT2D eigenvalue weighted by Crippen LogP contribution is -2.41. The van der Waals surface area contributed by atoms with Crippen LogP contribution in [0.15, 0.2) is 22.7 Å². The summed E-state index contributed by atoms with van der Waals surface area (Å²) in [4.78, 5) is 24.2. The molecule has 0 saturated heterocycles. The maximum Gasteiger partial charge on any atom is 0.323 e. The Balaban J connectivity index is 2.90. The van der Waals surface area contributed by atoms with E-state index in [9.17, 15) is 9.59 Å². The van der Waals surface area contributed by atoms with Crippen molar-refractivity contribution < 1.29 is 14.3 Å². The van der Waals surface area contributed by atoms with Gasteiger partial charge in [0.25, 0.3) is 0 Å². The fourth-order valence-electron chi connectivity index (χ4n) is 2.37. The van der Waals surface area contributed by atoms with E-state index in [1.165, 1.54) is 7.11 Å². The van der Waals surface area contributed by atoms with Crippen LogP contribution in [0.2, 0.25) is 0 Å². The Morgan fingerprint density at radius 1 is 1.30 bits per heavy atom. The van der Waals surface area contributed by atoms with E-state index in [4.69, 9.17) is 4.74 Å². The number of Topliss-reactive ketones (excluding diaryl/α,β-unsaturated/α-hetero) is 1. The third-order valence-corrected chi connectivity index (χ3v) is 4.26. The van der Waals surface area contributed by atoms with Crippen LogP contribution in [0.4, 0.5) is 0 Å². The van der Waals surface area contributed by atoms with E-state index in [-0.39, 0.29) is 23.7 Å². The number of nitrogens with one attached hydrogen (secondary N) is 1. The second-order valence-corrected chi connectivity index (χ2v) is 6.87. The molecule has 0 aliphatic heterocycles. The molecule has 0 aliphatic carbocycles. The minimum Gasteiger partial charge on any atom is -0.468 e. The molecule has 4 nitrogen and oxygen atoms in total. The van der Waals surface area contributed by atoms with Crippen molar-refractivity contribution in [2.24, 2.45) is 5.92 Å². The fourth-order valence-corrected chi connectivity index (χ4v) is 2.73. The quantitative estimate of drug-likeness (QED) is 0.514. The molecular weight excluding hydrogens is 358 g/mol. The molecule has 128 valence electrons. The third-order valence-electron chi connectivity index (χ3n) is 3.76. The van der Waals surface area contributed by atoms with Crippen LogP contribution >= 0.6 is 15.9 Å². The van der Waals surface area contributed by atoms with Gasteiger partial charge in [-0.25, -0.2) is 0 Å². The number of unbranched alkanes of at least 4 members (excludes halogenated alkanes) is 1. The van der Waals surface area contributed by atoms with Crippen LogP contribution in [0.25, 0.3) is 0 Å². The number of hydrogen-bond donors (Lipinski definition) is 1. The van der Waals surface area contributed by atoms with Crippen LogP contribution in [-0.4, -0.2) is 24.9 Å². The smallest absolute Gasteiger partial charge is 0.323 e. The maximum atomic E-state index is 12.4. The summed E-state index contributed by atoms with van der Waals surface area (Å²) in [7, 11) is 1.39. The molecule has 0 fully saturated rings. The third kappa shape index (κ3) is 6.07. The number of carbonyl (C=O) groups is 2. The molecule has 0 amide bonds. The van der Waals surface area contributed by atoms with Crippen LogP contribution in [0.5, 0.6) is 0 Å². The monoisotopic (exact) mass is 383 g/mol. The highest BCUT2D eigenvalue weighted by atomic mass is 79.9. The van der Waals surface area contributed by atoms with Crippen LogP contribution in [0.1, 0.15) is 56.0 Å². The number of ketones is 1. The topological polar surface area (TPSA) is 55.4 Å². The number of esters is 1. The van der Waals surface area contributed by atoms with E-state index in [0.717, 1.165) is 22.9 Å². The van der Waals surface area contributed by atoms with Gasteiger partial charge in [0.05, 0.1) is 7.11 Å². The molecule has 0 bridgehead atoms. The first-order valence-electron chi connectivity index (χ1n) is 8.03. The average Bonchev–Trinajstić information content (AvgIpc) is 2.53. The molecule has 1 rings (SSSR count). The van der Waals surface area contributed by atoms with E-state index in [1.54, 1.807) is 0 Å². The van der Waals surface area contributed by atoms with Crippen molar-refractivity contribution in [2.45, 2.75) is 52.6 Å². The summed E-state index contributed by atoms with van der Waals surface area (Å²) in [5.74, 6) is -0.0303. The van der Waals surface area contributed by atoms with E-state index in [2.05, 4.69) is 28.2 Å². The van der Waals surface area contributed by atoms with E-state index in [1.807, 2.05) is 32.0 Å². The number of hydrogen-bond acceptors (Lipinski definition) is 4. The molecule has 0 unspecified atom stereocenters. The van der Waals surface area contributed by atoms with Gasteiger partial charge in [-0.15, -0.1) is 0 Å². The Bertz CT molecular complexity index is 543. The van der Waals surface area contributed by atoms with Crippen molar-refractivity contribution in [3.8, 4) is 0 Å². The van der Waals surface area contributed by atoms with Gasteiger partial charge in [0, 0.05) is 23.0 Å². The Labute approximate surface area is 147 Å². The van der Waals surface area contributed by atoms with Gasteiger partial charge in [0.2, 0.25) is 0 Å². The average molecular weight is 384 g/mol. The Kier molecular flexibility index (Phi) is 8.48. The molecule has 23 heavy (non-hydrogen) atoms. The van der Waals surface area contributed by atoms with Crippen LogP contribution in [0.3, 0.4) is 0 Å². The summed E-state index contributed by atoms with van der Waals surface area (Å²) < 4.78 is 5.72. The van der Waals surface area contributed by atoms with Gasteiger partial charge in [0.15, 0.2) is 5.78 Å². The predicted octanol–water partition coefficient (Wildman–Crippen LogP) is 4.11. The Morgan fingerprint density at radius 2 is 2.00 bits per heavy atom. The molecule has 0 aliphatic rings. The SMILES string of the molecule is CCCCC(=O)c1cc(Br)ccc1CN[C@H](C(=O)OC)C(C)C. The molecule has 1 aromatic rings. The van der Waals surface area contributed by atoms with Crippen molar-refractivity contribution in [2.75, 3.05) is 7.11 Å². The summed E-state index contributed by atoms with van der Waals surface area (Å²) in [6.45, 7) is 6.45. The maximum absolute atomic E-state index is 12.4. The van der Waals surface area contributed by atoms with E-state index < -0.39 is 0 Å². The Morgan fingerprint density at radius 3 is 2.57 bits per heavy atom. The van der Waals surface area contributed by atoms with Crippen LogP contribution in [-0.2, 0) is 16.1 Å². The zero-order valence-electron chi connectivity index (χ0n) is 14.3. The first-order chi connectivity index (χ1) is 10.9. The molecule has 0 radical (unpaired) electrons. The molecule has 1 N–H and O–H groups in total. The largest absolute Gasteiger partial charge is 0.468 e. The zero-order valence-corrected chi connectivity index (χ0v) is 15.9. The highest BCUT2D eigenvalue weighted by molar-refractivity contribution is 9.10. The minimum absolute atomic E-state index is 0.108. The van der Waals surface area contributed by atoms with Gasteiger partial charge in [-0.1, -0.05) is 49.2 Å². The molecule has 1 atom stereocenters. The lowest BCUT2D eigenvalue weighted by atomic mass is 9.99. The lowest BCUT2D eigenvalue weighted by molar-refractivity contribution is -0.144. The van der Waals surface area contributed by atoms with Gasteiger partial charge >= 0.3 is 5.97 Å². The number of methoxy groups -OCH3 is 1. The van der Waals surface area contributed by atoms with Crippen molar-refractivity contribution in [1.29, 1.82) is 0 Å². The second kappa shape index (κ2) is 9.83. The van der Waals surface area contributed by atoms with Crippen molar-refractivity contribution in [1.82, 2.24) is 5.32 Å². The lowest BCUT2D eigenvalue weighted by Gasteiger charge is -2.20. The second-order valence-electron chi connectivity index (χ2n) is 5.95. The molecule has 0 saturated carbocycles. The van der Waals surface area contributed by atoms with Crippen LogP contribution in [0, 0.1) is 5.92 Å². The van der Waals surface area contributed by atoms with Crippen molar-refractivity contribution in [3.05, 3.63) is 33.8 Å². The van der Waals surface area contributed by atoms with Gasteiger partial charge < -0.3 is 10.1 Å².